The minimum atomic E-state index is -1.45. The van der Waals surface area contributed by atoms with Gasteiger partial charge >= 0.3 is 7.12 Å². The zero-order valence-electron chi connectivity index (χ0n) is 15.7. The first-order valence-corrected chi connectivity index (χ1v) is 8.73. The molecule has 0 radical (unpaired) electrons. The Morgan fingerprint density at radius 3 is 2.00 bits per heavy atom. The fraction of sp³-hybridized carbons (Fsp3) is 0.182. The summed E-state index contributed by atoms with van der Waals surface area (Å²) in [6.45, 7) is 4.00. The third kappa shape index (κ3) is 4.46. The topological polar surface area (TPSA) is 43.7 Å². The van der Waals surface area contributed by atoms with Crippen LogP contribution in [-0.4, -0.2) is 31.3 Å². The normalized spacial score (nSPS) is 9.62. The summed E-state index contributed by atoms with van der Waals surface area (Å²) in [5, 5.41) is 20.6. The van der Waals surface area contributed by atoms with Crippen LogP contribution >= 0.6 is 0 Å². The minimum absolute atomic E-state index is 0.460. The zero-order chi connectivity index (χ0) is 19.1. The van der Waals surface area contributed by atoms with E-state index in [4.69, 9.17) is 10.0 Å². The molecule has 0 unspecified atom stereocenters. The summed E-state index contributed by atoms with van der Waals surface area (Å²) in [5.74, 6) is 6.37. The zero-order valence-corrected chi connectivity index (χ0v) is 15.7. The van der Waals surface area contributed by atoms with Crippen LogP contribution in [0.3, 0.4) is 0 Å². The van der Waals surface area contributed by atoms with Gasteiger partial charge in [-0.1, -0.05) is 62.1 Å². The number of hydrogen-bond acceptors (Lipinski definition) is 3. The van der Waals surface area contributed by atoms with Crippen molar-refractivity contribution < 1.29 is 10.0 Å². The van der Waals surface area contributed by atoms with E-state index in [2.05, 4.69) is 34.9 Å². The molecule has 3 aromatic carbocycles. The predicted octanol–water partition coefficient (Wildman–Crippen LogP) is 3.01. The third-order valence-corrected chi connectivity index (χ3v) is 3.93. The van der Waals surface area contributed by atoms with Crippen molar-refractivity contribution in [2.45, 2.75) is 13.8 Å². The molecule has 0 saturated carbocycles. The third-order valence-electron chi connectivity index (χ3n) is 3.93. The van der Waals surface area contributed by atoms with Gasteiger partial charge in [-0.05, 0) is 35.1 Å². The van der Waals surface area contributed by atoms with Gasteiger partial charge in [0.25, 0.3) is 0 Å². The van der Waals surface area contributed by atoms with Crippen molar-refractivity contribution in [1.29, 1.82) is 0 Å². The Bertz CT molecular complexity index is 922. The van der Waals surface area contributed by atoms with Crippen LogP contribution in [0.4, 0.5) is 5.69 Å². The van der Waals surface area contributed by atoms with Gasteiger partial charge in [0.15, 0.2) is 0 Å². The van der Waals surface area contributed by atoms with Crippen LogP contribution in [0.25, 0.3) is 10.8 Å². The molecule has 4 heteroatoms. The van der Waals surface area contributed by atoms with E-state index in [1.807, 2.05) is 46.1 Å². The fourth-order valence-corrected chi connectivity index (χ4v) is 2.67. The average molecular weight is 345 g/mol. The average Bonchev–Trinajstić information content (AvgIpc) is 2.67. The molecule has 2 N–H and O–H groups in total. The van der Waals surface area contributed by atoms with E-state index in [1.165, 1.54) is 5.39 Å². The molecule has 0 aliphatic heterocycles. The highest BCUT2D eigenvalue weighted by atomic mass is 16.4. The summed E-state index contributed by atoms with van der Waals surface area (Å²) in [7, 11) is 2.61. The number of nitrogens with zero attached hydrogens (tertiary/aromatic N) is 1. The van der Waals surface area contributed by atoms with E-state index in [0.29, 0.717) is 5.46 Å². The maximum atomic E-state index is 9.13. The van der Waals surface area contributed by atoms with Gasteiger partial charge in [-0.25, -0.2) is 0 Å². The molecule has 0 aliphatic rings. The van der Waals surface area contributed by atoms with Crippen LogP contribution in [0, 0.1) is 11.8 Å². The Labute approximate surface area is 156 Å². The van der Waals surface area contributed by atoms with E-state index >= 15 is 0 Å². The Morgan fingerprint density at radius 2 is 1.38 bits per heavy atom. The van der Waals surface area contributed by atoms with Gasteiger partial charge in [0.1, 0.15) is 0 Å². The van der Waals surface area contributed by atoms with Crippen molar-refractivity contribution in [3.8, 4) is 11.8 Å². The molecular weight excluding hydrogens is 321 g/mol. The predicted molar refractivity (Wildman–Crippen MR) is 112 cm³/mol. The maximum absolute atomic E-state index is 9.13. The van der Waals surface area contributed by atoms with Crippen molar-refractivity contribution in [2.24, 2.45) is 0 Å². The second-order valence-corrected chi connectivity index (χ2v) is 5.82. The summed E-state index contributed by atoms with van der Waals surface area (Å²) < 4.78 is 0. The van der Waals surface area contributed by atoms with E-state index in [1.54, 1.807) is 24.3 Å². The highest BCUT2D eigenvalue weighted by molar-refractivity contribution is 6.58. The molecule has 0 aromatic heterocycles. The molecule has 0 atom stereocenters. The molecule has 0 aliphatic carbocycles. The largest absolute Gasteiger partial charge is 0.488 e. The second kappa shape index (κ2) is 9.10. The van der Waals surface area contributed by atoms with Gasteiger partial charge in [0, 0.05) is 36.3 Å². The van der Waals surface area contributed by atoms with Gasteiger partial charge in [0.05, 0.1) is 0 Å². The van der Waals surface area contributed by atoms with Gasteiger partial charge in [0.2, 0.25) is 0 Å². The lowest BCUT2D eigenvalue weighted by Gasteiger charge is -2.15. The quantitative estimate of drug-likeness (QED) is 0.554. The van der Waals surface area contributed by atoms with Crippen LogP contribution in [0.5, 0.6) is 0 Å². The van der Waals surface area contributed by atoms with Crippen LogP contribution in [0.1, 0.15) is 25.0 Å². The number of benzene rings is 3. The summed E-state index contributed by atoms with van der Waals surface area (Å²) in [6.07, 6.45) is 0. The number of fused-ring (bicyclic) bond motifs is 1. The smallest absolute Gasteiger partial charge is 0.423 e. The van der Waals surface area contributed by atoms with E-state index < -0.39 is 7.12 Å². The van der Waals surface area contributed by atoms with Gasteiger partial charge in [-0.3, -0.25) is 0 Å². The van der Waals surface area contributed by atoms with Crippen molar-refractivity contribution in [2.75, 3.05) is 19.0 Å². The Hall–Kier alpha value is -2.74. The lowest BCUT2D eigenvalue weighted by atomic mass is 9.80. The molecule has 3 nitrogen and oxygen atoms in total. The van der Waals surface area contributed by atoms with Gasteiger partial charge < -0.3 is 14.9 Å². The first-order chi connectivity index (χ1) is 12.6. The summed E-state index contributed by atoms with van der Waals surface area (Å²) >= 11 is 0. The van der Waals surface area contributed by atoms with Crippen LogP contribution in [-0.2, 0) is 0 Å². The number of rotatable bonds is 2. The first kappa shape index (κ1) is 19.6. The summed E-state index contributed by atoms with van der Waals surface area (Å²) in [4.78, 5) is 2.10. The van der Waals surface area contributed by atoms with E-state index in [9.17, 15) is 0 Å². The highest BCUT2D eigenvalue weighted by Crippen LogP contribution is 2.27. The van der Waals surface area contributed by atoms with Crippen molar-refractivity contribution in [3.63, 3.8) is 0 Å². The number of anilines is 1. The summed E-state index contributed by atoms with van der Waals surface area (Å²) in [6, 6.07) is 19.3. The molecule has 0 fully saturated rings. The molecule has 132 valence electrons. The van der Waals surface area contributed by atoms with Crippen molar-refractivity contribution >= 4 is 29.0 Å². The standard InChI is InChI=1S/C20H18BNO2.C2H6/c1-22(2)20-8-4-6-18-16(5-3-7-19(18)20)12-9-15-10-13-17(14-11-15)21(23)24;1-2/h3-8,10-11,13-14,23-24H,1-2H3;1-2H3. The SMILES string of the molecule is CC.CN(C)c1cccc2c(C#Cc3ccc(B(O)O)cc3)cccc12. The van der Waals surface area contributed by atoms with Crippen LogP contribution in [0.2, 0.25) is 0 Å². The van der Waals surface area contributed by atoms with Gasteiger partial charge in [-0.2, -0.15) is 0 Å². The Kier molecular flexibility index (Phi) is 6.85. The lowest BCUT2D eigenvalue weighted by Crippen LogP contribution is -2.29. The number of hydrogen-bond donors (Lipinski definition) is 2. The first-order valence-electron chi connectivity index (χ1n) is 8.73. The summed E-state index contributed by atoms with van der Waals surface area (Å²) in [5.41, 5.74) is 3.43. The van der Waals surface area contributed by atoms with Crippen molar-refractivity contribution in [1.82, 2.24) is 0 Å². The van der Waals surface area contributed by atoms with Gasteiger partial charge in [-0.15, -0.1) is 0 Å². The van der Waals surface area contributed by atoms with E-state index in [0.717, 1.165) is 22.2 Å². The molecule has 0 heterocycles. The van der Waals surface area contributed by atoms with Crippen LogP contribution < -0.4 is 10.4 Å². The highest BCUT2D eigenvalue weighted by Gasteiger charge is 2.09. The van der Waals surface area contributed by atoms with Crippen molar-refractivity contribution in [3.05, 3.63) is 71.8 Å². The monoisotopic (exact) mass is 345 g/mol. The molecule has 0 spiro atoms. The van der Waals surface area contributed by atoms with Crippen LogP contribution in [0.15, 0.2) is 60.7 Å². The maximum Gasteiger partial charge on any atom is 0.488 e. The molecule has 3 rings (SSSR count). The molecule has 0 bridgehead atoms. The Morgan fingerprint density at radius 1 is 0.769 bits per heavy atom. The lowest BCUT2D eigenvalue weighted by molar-refractivity contribution is 0.426. The second-order valence-electron chi connectivity index (χ2n) is 5.82. The molecule has 3 aromatic rings. The molecular formula is C22H24BNO2. The molecule has 0 amide bonds. The molecule has 0 saturated heterocycles. The minimum Gasteiger partial charge on any atom is -0.423 e. The van der Waals surface area contributed by atoms with E-state index in [-0.39, 0.29) is 0 Å². The fourth-order valence-electron chi connectivity index (χ4n) is 2.67. The molecule has 26 heavy (non-hydrogen) atoms. The Balaban J connectivity index is 0.00000117.